The largest absolute Gasteiger partial charge is 0.495 e. The Morgan fingerprint density at radius 1 is 0.818 bits per heavy atom. The van der Waals surface area contributed by atoms with Crippen molar-refractivity contribution in [3.05, 3.63) is 84.4 Å². The van der Waals surface area contributed by atoms with Crippen LogP contribution in [0.15, 0.2) is 88.7 Å². The molecule has 0 fully saturated rings. The molecular formula is C23H24N2O6S2. The molecule has 1 amide bonds. The number of hydrogen-bond donors (Lipinski definition) is 2. The summed E-state index contributed by atoms with van der Waals surface area (Å²) < 4.78 is 57.4. The molecule has 3 aromatic carbocycles. The van der Waals surface area contributed by atoms with E-state index in [9.17, 15) is 21.6 Å². The third-order valence-electron chi connectivity index (χ3n) is 4.76. The average Bonchev–Trinajstić information content (AvgIpc) is 2.82. The highest BCUT2D eigenvalue weighted by Crippen LogP contribution is 2.26. The molecule has 33 heavy (non-hydrogen) atoms. The SMILES string of the molecule is COc1ccccc1NS(=O)(=O)c1ccc(C(=O)NCCCS(=O)(=O)c2ccccc2)cc1. The number of hydrogen-bond acceptors (Lipinski definition) is 6. The number of para-hydroxylation sites is 2. The summed E-state index contributed by atoms with van der Waals surface area (Å²) in [6.07, 6.45) is 0.248. The summed E-state index contributed by atoms with van der Waals surface area (Å²) in [5.41, 5.74) is 0.560. The van der Waals surface area contributed by atoms with Crippen LogP contribution < -0.4 is 14.8 Å². The molecule has 0 aliphatic carbocycles. The molecule has 3 aromatic rings. The Bertz CT molecular complexity index is 1310. The molecule has 3 rings (SSSR count). The van der Waals surface area contributed by atoms with Crippen molar-refractivity contribution in [3.8, 4) is 5.75 Å². The fourth-order valence-corrected chi connectivity index (χ4v) is 5.43. The van der Waals surface area contributed by atoms with Gasteiger partial charge in [0.25, 0.3) is 15.9 Å². The normalized spacial score (nSPS) is 11.5. The van der Waals surface area contributed by atoms with E-state index in [-0.39, 0.29) is 34.1 Å². The highest BCUT2D eigenvalue weighted by atomic mass is 32.2. The lowest BCUT2D eigenvalue weighted by Gasteiger charge is -2.12. The standard InChI is InChI=1S/C23H24N2O6S2/c1-31-22-11-6-5-10-21(22)25-33(29,30)20-14-12-18(13-15-20)23(26)24-16-7-17-32(27,28)19-8-3-2-4-9-19/h2-6,8-15,25H,7,16-17H2,1H3,(H,24,26). The molecule has 0 aromatic heterocycles. The molecule has 0 aliphatic rings. The summed E-state index contributed by atoms with van der Waals surface area (Å²) in [6.45, 7) is 0.167. The van der Waals surface area contributed by atoms with Gasteiger partial charge in [-0.1, -0.05) is 30.3 Å². The number of rotatable bonds is 10. The molecule has 10 heteroatoms. The quantitative estimate of drug-likeness (QED) is 0.424. The molecule has 0 aliphatic heterocycles. The van der Waals surface area contributed by atoms with E-state index in [1.165, 1.54) is 43.5 Å². The molecule has 0 unspecified atom stereocenters. The van der Waals surface area contributed by atoms with Crippen LogP contribution in [0.5, 0.6) is 5.75 Å². The van der Waals surface area contributed by atoms with E-state index in [0.717, 1.165) is 0 Å². The van der Waals surface area contributed by atoms with Crippen molar-refractivity contribution in [1.29, 1.82) is 0 Å². The summed E-state index contributed by atoms with van der Waals surface area (Å²) >= 11 is 0. The summed E-state index contributed by atoms with van der Waals surface area (Å²) in [7, 11) is -5.85. The van der Waals surface area contributed by atoms with Crippen molar-refractivity contribution >= 4 is 31.5 Å². The van der Waals surface area contributed by atoms with Gasteiger partial charge in [0, 0.05) is 12.1 Å². The van der Waals surface area contributed by atoms with Crippen LogP contribution in [-0.2, 0) is 19.9 Å². The molecule has 0 radical (unpaired) electrons. The number of carbonyl (C=O) groups excluding carboxylic acids is 1. The predicted octanol–water partition coefficient (Wildman–Crippen LogP) is 3.09. The molecule has 0 spiro atoms. The Morgan fingerprint density at radius 2 is 1.45 bits per heavy atom. The highest BCUT2D eigenvalue weighted by Gasteiger charge is 2.17. The summed E-state index contributed by atoms with van der Waals surface area (Å²) in [6, 6.07) is 20.2. The average molecular weight is 489 g/mol. The summed E-state index contributed by atoms with van der Waals surface area (Å²) in [4.78, 5) is 12.6. The third-order valence-corrected chi connectivity index (χ3v) is 7.95. The first-order valence-electron chi connectivity index (χ1n) is 10.0. The first-order chi connectivity index (χ1) is 15.7. The van der Waals surface area contributed by atoms with Gasteiger partial charge in [-0.2, -0.15) is 0 Å². The van der Waals surface area contributed by atoms with Crippen molar-refractivity contribution < 1.29 is 26.4 Å². The fourth-order valence-electron chi connectivity index (χ4n) is 3.03. The van der Waals surface area contributed by atoms with E-state index in [0.29, 0.717) is 11.4 Å². The van der Waals surface area contributed by atoms with E-state index in [4.69, 9.17) is 4.74 Å². The monoisotopic (exact) mass is 488 g/mol. The van der Waals surface area contributed by atoms with Gasteiger partial charge in [0.05, 0.1) is 28.3 Å². The van der Waals surface area contributed by atoms with Gasteiger partial charge in [-0.3, -0.25) is 9.52 Å². The maximum Gasteiger partial charge on any atom is 0.262 e. The second-order valence-electron chi connectivity index (χ2n) is 7.07. The zero-order chi connectivity index (χ0) is 23.9. The van der Waals surface area contributed by atoms with Crippen LogP contribution in [0.2, 0.25) is 0 Å². The Hall–Kier alpha value is -3.37. The number of sulfone groups is 1. The molecule has 0 heterocycles. The van der Waals surface area contributed by atoms with Gasteiger partial charge in [-0.25, -0.2) is 16.8 Å². The highest BCUT2D eigenvalue weighted by molar-refractivity contribution is 7.92. The van der Waals surface area contributed by atoms with Gasteiger partial charge in [-0.05, 0) is 55.0 Å². The smallest absolute Gasteiger partial charge is 0.262 e. The van der Waals surface area contributed by atoms with Gasteiger partial charge in [0.2, 0.25) is 0 Å². The maximum absolute atomic E-state index is 12.6. The van der Waals surface area contributed by atoms with Gasteiger partial charge >= 0.3 is 0 Å². The van der Waals surface area contributed by atoms with Crippen molar-refractivity contribution in [2.75, 3.05) is 24.1 Å². The van der Waals surface area contributed by atoms with E-state index in [2.05, 4.69) is 10.0 Å². The lowest BCUT2D eigenvalue weighted by atomic mass is 10.2. The molecule has 174 valence electrons. The zero-order valence-electron chi connectivity index (χ0n) is 17.9. The molecule has 8 nitrogen and oxygen atoms in total. The van der Waals surface area contributed by atoms with Crippen molar-refractivity contribution in [2.45, 2.75) is 16.2 Å². The lowest BCUT2D eigenvalue weighted by Crippen LogP contribution is -2.26. The van der Waals surface area contributed by atoms with Crippen LogP contribution >= 0.6 is 0 Å². The summed E-state index contributed by atoms with van der Waals surface area (Å²) in [5.74, 6) is -0.136. The minimum Gasteiger partial charge on any atom is -0.495 e. The molecular weight excluding hydrogens is 464 g/mol. The Labute approximate surface area is 193 Å². The van der Waals surface area contributed by atoms with Gasteiger partial charge in [0.1, 0.15) is 5.75 Å². The number of sulfonamides is 1. The Balaban J connectivity index is 1.56. The van der Waals surface area contributed by atoms with Gasteiger partial charge < -0.3 is 10.1 Å². The first-order valence-corrected chi connectivity index (χ1v) is 13.2. The van der Waals surface area contributed by atoms with Crippen molar-refractivity contribution in [3.63, 3.8) is 0 Å². The minimum absolute atomic E-state index is 0.0149. The van der Waals surface area contributed by atoms with E-state index in [1.54, 1.807) is 42.5 Å². The molecule has 0 saturated heterocycles. The molecule has 0 bridgehead atoms. The van der Waals surface area contributed by atoms with Crippen LogP contribution in [0.3, 0.4) is 0 Å². The number of nitrogens with one attached hydrogen (secondary N) is 2. The third kappa shape index (κ3) is 6.33. The van der Waals surface area contributed by atoms with Crippen molar-refractivity contribution in [2.24, 2.45) is 0 Å². The number of anilines is 1. The van der Waals surface area contributed by atoms with E-state index in [1.807, 2.05) is 0 Å². The minimum atomic E-state index is -3.88. The van der Waals surface area contributed by atoms with Crippen LogP contribution in [0, 0.1) is 0 Å². The molecule has 0 saturated carbocycles. The van der Waals surface area contributed by atoms with Crippen molar-refractivity contribution in [1.82, 2.24) is 5.32 Å². The topological polar surface area (TPSA) is 119 Å². The van der Waals surface area contributed by atoms with Crippen LogP contribution in [0.1, 0.15) is 16.8 Å². The number of amides is 1. The number of carbonyl (C=O) groups is 1. The fraction of sp³-hybridized carbons (Fsp3) is 0.174. The number of ether oxygens (including phenoxy) is 1. The van der Waals surface area contributed by atoms with Crippen LogP contribution in [0.25, 0.3) is 0 Å². The van der Waals surface area contributed by atoms with Gasteiger partial charge in [-0.15, -0.1) is 0 Å². The van der Waals surface area contributed by atoms with E-state index >= 15 is 0 Å². The second-order valence-corrected chi connectivity index (χ2v) is 10.9. The Kier molecular flexibility index (Phi) is 7.72. The maximum atomic E-state index is 12.6. The lowest BCUT2D eigenvalue weighted by molar-refractivity contribution is 0.0953. The van der Waals surface area contributed by atoms with Gasteiger partial charge in [0.15, 0.2) is 9.84 Å². The van der Waals surface area contributed by atoms with Crippen LogP contribution in [0.4, 0.5) is 5.69 Å². The molecule has 0 atom stereocenters. The Morgan fingerprint density at radius 3 is 2.12 bits per heavy atom. The van der Waals surface area contributed by atoms with E-state index < -0.39 is 25.8 Å². The first kappa shape index (κ1) is 24.3. The number of methoxy groups -OCH3 is 1. The zero-order valence-corrected chi connectivity index (χ0v) is 19.5. The molecule has 2 N–H and O–H groups in total. The second kappa shape index (κ2) is 10.5. The summed E-state index contributed by atoms with van der Waals surface area (Å²) in [5, 5.41) is 2.65. The predicted molar refractivity (Wildman–Crippen MR) is 126 cm³/mol. The van der Waals surface area contributed by atoms with Crippen LogP contribution in [-0.4, -0.2) is 42.2 Å². The number of benzene rings is 3.